The van der Waals surface area contributed by atoms with E-state index < -0.39 is 5.97 Å². The van der Waals surface area contributed by atoms with Crippen LogP contribution in [0.3, 0.4) is 0 Å². The third-order valence-corrected chi connectivity index (χ3v) is 5.10. The van der Waals surface area contributed by atoms with Crippen molar-refractivity contribution in [3.63, 3.8) is 0 Å². The zero-order valence-electron chi connectivity index (χ0n) is 15.5. The van der Waals surface area contributed by atoms with Crippen molar-refractivity contribution in [2.45, 2.75) is 25.3 Å². The number of rotatable bonds is 4. The fraction of sp³-hybridized carbons (Fsp3) is 0.286. The molecule has 0 spiro atoms. The second-order valence-electron chi connectivity index (χ2n) is 6.58. The van der Waals surface area contributed by atoms with Crippen LogP contribution in [0.25, 0.3) is 11.3 Å². The first kappa shape index (κ1) is 20.2. The number of hydrogen-bond donors (Lipinski definition) is 2. The number of carbonyl (C=O) groups is 1. The van der Waals surface area contributed by atoms with Crippen LogP contribution in [0.1, 0.15) is 24.4 Å². The Hall–Kier alpha value is -2.51. The predicted octanol–water partition coefficient (Wildman–Crippen LogP) is 3.95. The molecule has 0 amide bonds. The van der Waals surface area contributed by atoms with Crippen molar-refractivity contribution in [3.05, 3.63) is 71.1 Å². The van der Waals surface area contributed by atoms with E-state index in [1.54, 1.807) is 24.5 Å². The second kappa shape index (κ2) is 10.1. The lowest BCUT2D eigenvalue weighted by molar-refractivity contribution is -0.136. The van der Waals surface area contributed by atoms with E-state index in [0.717, 1.165) is 47.2 Å². The fourth-order valence-electron chi connectivity index (χ4n) is 3.10. The first-order valence-electron chi connectivity index (χ1n) is 9.25. The van der Waals surface area contributed by atoms with Gasteiger partial charge in [-0.05, 0) is 59.6 Å². The van der Waals surface area contributed by atoms with Crippen molar-refractivity contribution in [3.8, 4) is 11.3 Å². The lowest BCUT2D eigenvalue weighted by Gasteiger charge is -2.22. The number of nitrogens with zero attached hydrogens (tertiary/aromatic N) is 3. The summed E-state index contributed by atoms with van der Waals surface area (Å²) in [5.41, 5.74) is 2.94. The van der Waals surface area contributed by atoms with Crippen LogP contribution in [0.2, 0.25) is 0 Å². The maximum absolute atomic E-state index is 10.2. The molecule has 1 aromatic carbocycles. The summed E-state index contributed by atoms with van der Waals surface area (Å²) in [5, 5.41) is 16.5. The number of hydrogen-bond acceptors (Lipinski definition) is 4. The van der Waals surface area contributed by atoms with Crippen molar-refractivity contribution in [1.29, 1.82) is 0 Å². The molecule has 2 aromatic heterocycles. The van der Waals surface area contributed by atoms with Gasteiger partial charge in [0.25, 0.3) is 0 Å². The zero-order chi connectivity index (χ0) is 19.8. The number of nitrogens with one attached hydrogen (secondary N) is 1. The smallest absolute Gasteiger partial charge is 0.307 e. The largest absolute Gasteiger partial charge is 0.481 e. The summed E-state index contributed by atoms with van der Waals surface area (Å²) in [5.74, 6) is -0.786. The van der Waals surface area contributed by atoms with Crippen molar-refractivity contribution in [2.75, 3.05) is 13.1 Å². The molecule has 0 bridgehead atoms. The number of aliphatic carboxylic acids is 1. The third-order valence-electron chi connectivity index (χ3n) is 4.52. The molecule has 1 fully saturated rings. The van der Waals surface area contributed by atoms with Crippen LogP contribution in [0.5, 0.6) is 0 Å². The van der Waals surface area contributed by atoms with Crippen LogP contribution in [0.15, 0.2) is 65.5 Å². The van der Waals surface area contributed by atoms with Gasteiger partial charge in [0.05, 0.1) is 16.9 Å². The molecule has 1 aliphatic heterocycles. The van der Waals surface area contributed by atoms with Crippen LogP contribution in [-0.2, 0) is 11.2 Å². The molecule has 3 heterocycles. The van der Waals surface area contributed by atoms with Crippen LogP contribution in [0, 0.1) is 0 Å². The Labute approximate surface area is 172 Å². The van der Waals surface area contributed by atoms with Crippen LogP contribution in [-0.4, -0.2) is 38.9 Å². The van der Waals surface area contributed by atoms with E-state index in [-0.39, 0.29) is 6.42 Å². The standard InChI is InChI=1S/C13H15BrN4.C8H8O2/c14-12-9-18(11-3-7-16-8-4-11)17-13(12)10-1-5-15-6-2-10;9-8(10)6-7-4-2-1-3-5-7/h1-2,5-6,9,11,16H,3-4,7-8H2;1-5H,6H2,(H,9,10). The molecule has 0 aliphatic carbocycles. The average Bonchev–Trinajstić information content (AvgIpc) is 3.12. The quantitative estimate of drug-likeness (QED) is 0.639. The van der Waals surface area contributed by atoms with Gasteiger partial charge in [0.2, 0.25) is 0 Å². The first-order valence-corrected chi connectivity index (χ1v) is 10.0. The SMILES string of the molecule is Brc1cn(C2CCNCC2)nc1-c1ccncc1.O=C(O)Cc1ccccc1. The molecule has 28 heavy (non-hydrogen) atoms. The maximum atomic E-state index is 10.2. The first-order chi connectivity index (χ1) is 13.6. The van der Waals surface area contributed by atoms with Crippen molar-refractivity contribution in [1.82, 2.24) is 20.1 Å². The van der Waals surface area contributed by atoms with Gasteiger partial charge >= 0.3 is 5.97 Å². The van der Waals surface area contributed by atoms with Gasteiger partial charge in [0, 0.05) is 24.2 Å². The van der Waals surface area contributed by atoms with E-state index in [9.17, 15) is 4.79 Å². The highest BCUT2D eigenvalue weighted by Crippen LogP contribution is 2.29. The third kappa shape index (κ3) is 5.74. The summed E-state index contributed by atoms with van der Waals surface area (Å²) < 4.78 is 3.15. The summed E-state index contributed by atoms with van der Waals surface area (Å²) in [6, 6.07) is 13.6. The molecule has 0 radical (unpaired) electrons. The van der Waals surface area contributed by atoms with E-state index in [0.29, 0.717) is 6.04 Å². The van der Waals surface area contributed by atoms with Gasteiger partial charge < -0.3 is 10.4 Å². The monoisotopic (exact) mass is 442 g/mol. The molecular formula is C21H23BrN4O2. The van der Waals surface area contributed by atoms with Crippen molar-refractivity contribution >= 4 is 21.9 Å². The van der Waals surface area contributed by atoms with E-state index in [4.69, 9.17) is 10.2 Å². The van der Waals surface area contributed by atoms with Gasteiger partial charge in [-0.25, -0.2) is 0 Å². The summed E-state index contributed by atoms with van der Waals surface area (Å²) in [4.78, 5) is 14.2. The average molecular weight is 443 g/mol. The molecule has 0 saturated carbocycles. The molecule has 4 rings (SSSR count). The number of pyridine rings is 1. The van der Waals surface area contributed by atoms with Crippen LogP contribution in [0.4, 0.5) is 0 Å². The van der Waals surface area contributed by atoms with Crippen molar-refractivity contribution in [2.24, 2.45) is 0 Å². The summed E-state index contributed by atoms with van der Waals surface area (Å²) in [6.07, 6.45) is 8.08. The van der Waals surface area contributed by atoms with Crippen molar-refractivity contribution < 1.29 is 9.90 Å². The topological polar surface area (TPSA) is 80.0 Å². The Morgan fingerprint density at radius 2 is 1.82 bits per heavy atom. The van der Waals surface area contributed by atoms with Gasteiger partial charge in [-0.15, -0.1) is 0 Å². The van der Waals surface area contributed by atoms with Gasteiger partial charge in [-0.2, -0.15) is 5.10 Å². The lowest BCUT2D eigenvalue weighted by Crippen LogP contribution is -2.29. The number of benzene rings is 1. The molecular weight excluding hydrogens is 420 g/mol. The zero-order valence-corrected chi connectivity index (χ0v) is 17.0. The van der Waals surface area contributed by atoms with Crippen LogP contribution >= 0.6 is 15.9 Å². The molecule has 6 nitrogen and oxygen atoms in total. The van der Waals surface area contributed by atoms with E-state index in [1.807, 2.05) is 30.3 Å². The molecule has 3 aromatic rings. The maximum Gasteiger partial charge on any atom is 0.307 e. The summed E-state index contributed by atoms with van der Waals surface area (Å²) in [7, 11) is 0. The Morgan fingerprint density at radius 1 is 1.14 bits per heavy atom. The Balaban J connectivity index is 0.000000192. The second-order valence-corrected chi connectivity index (χ2v) is 7.43. The van der Waals surface area contributed by atoms with Gasteiger partial charge in [-0.1, -0.05) is 30.3 Å². The minimum atomic E-state index is -0.786. The highest BCUT2D eigenvalue weighted by Gasteiger charge is 2.18. The number of halogens is 1. The highest BCUT2D eigenvalue weighted by molar-refractivity contribution is 9.10. The number of aromatic nitrogens is 3. The number of piperidine rings is 1. The normalized spacial score (nSPS) is 14.2. The minimum absolute atomic E-state index is 0.112. The summed E-state index contributed by atoms with van der Waals surface area (Å²) in [6.45, 7) is 2.15. The van der Waals surface area contributed by atoms with Crippen LogP contribution < -0.4 is 5.32 Å². The Kier molecular flexibility index (Phi) is 7.33. The number of carboxylic acid groups (broad SMARTS) is 1. The lowest BCUT2D eigenvalue weighted by atomic mass is 10.1. The molecule has 7 heteroatoms. The molecule has 0 atom stereocenters. The van der Waals surface area contributed by atoms with Gasteiger partial charge in [-0.3, -0.25) is 14.5 Å². The highest BCUT2D eigenvalue weighted by atomic mass is 79.9. The molecule has 1 aliphatic rings. The summed E-state index contributed by atoms with van der Waals surface area (Å²) >= 11 is 3.60. The number of carboxylic acids is 1. The van der Waals surface area contributed by atoms with E-state index in [1.165, 1.54) is 0 Å². The van der Waals surface area contributed by atoms with Gasteiger partial charge in [0.15, 0.2) is 0 Å². The van der Waals surface area contributed by atoms with Gasteiger partial charge in [0.1, 0.15) is 5.69 Å². The molecule has 146 valence electrons. The molecule has 0 unspecified atom stereocenters. The Bertz CT molecular complexity index is 878. The van der Waals surface area contributed by atoms with E-state index in [2.05, 4.69) is 37.1 Å². The molecule has 2 N–H and O–H groups in total. The Morgan fingerprint density at radius 3 is 2.46 bits per heavy atom. The molecule has 1 saturated heterocycles. The minimum Gasteiger partial charge on any atom is -0.481 e. The van der Waals surface area contributed by atoms with E-state index >= 15 is 0 Å². The predicted molar refractivity (Wildman–Crippen MR) is 112 cm³/mol. The fourth-order valence-corrected chi connectivity index (χ4v) is 3.62.